The van der Waals surface area contributed by atoms with E-state index >= 15 is 0 Å². The first-order valence-electron chi connectivity index (χ1n) is 7.60. The molecule has 3 rings (SSSR count). The molecule has 114 valence electrons. The van der Waals surface area contributed by atoms with Crippen molar-refractivity contribution < 1.29 is 14.7 Å². The Hall–Kier alpha value is -1.43. The van der Waals surface area contributed by atoms with Crippen LogP contribution in [0.2, 0.25) is 0 Å². The van der Waals surface area contributed by atoms with E-state index in [9.17, 15) is 14.7 Å². The van der Waals surface area contributed by atoms with Crippen LogP contribution in [0.1, 0.15) is 47.3 Å². The molecule has 1 N–H and O–H groups in total. The molecule has 5 nitrogen and oxygen atoms in total. The summed E-state index contributed by atoms with van der Waals surface area (Å²) in [5, 5.41) is 10.5. The molecule has 6 heteroatoms. The largest absolute Gasteiger partial charge is 0.480 e. The summed E-state index contributed by atoms with van der Waals surface area (Å²) in [6, 6.07) is -0.651. The molecule has 3 unspecified atom stereocenters. The molecule has 0 radical (unpaired) electrons. The fourth-order valence-corrected chi connectivity index (χ4v) is 4.69. The molecule has 0 aromatic carbocycles. The number of hydrogen-bond donors (Lipinski definition) is 1. The number of carboxylic acids is 1. The van der Waals surface area contributed by atoms with Gasteiger partial charge in [-0.3, -0.25) is 4.79 Å². The third-order valence-corrected chi connectivity index (χ3v) is 5.68. The predicted octanol–water partition coefficient (Wildman–Crippen LogP) is 2.42. The van der Waals surface area contributed by atoms with E-state index in [1.165, 1.54) is 11.3 Å². The highest BCUT2D eigenvalue weighted by Crippen LogP contribution is 2.42. The average Bonchev–Trinajstić information content (AvgIpc) is 3.11. The molecule has 1 aliphatic carbocycles. The number of nitrogens with zero attached hydrogens (tertiary/aromatic N) is 2. The van der Waals surface area contributed by atoms with Crippen molar-refractivity contribution in [2.45, 2.75) is 45.1 Å². The van der Waals surface area contributed by atoms with Crippen molar-refractivity contribution in [3.8, 4) is 0 Å². The van der Waals surface area contributed by atoms with Gasteiger partial charge in [-0.2, -0.15) is 0 Å². The molecule has 1 saturated heterocycles. The molecule has 2 fully saturated rings. The van der Waals surface area contributed by atoms with E-state index < -0.39 is 12.0 Å². The van der Waals surface area contributed by atoms with Crippen LogP contribution in [0.15, 0.2) is 6.20 Å². The summed E-state index contributed by atoms with van der Waals surface area (Å²) >= 11 is 1.40. The van der Waals surface area contributed by atoms with Crippen LogP contribution in [-0.4, -0.2) is 39.5 Å². The molecule has 2 aliphatic rings. The minimum absolute atomic E-state index is 0.134. The first-order valence-corrected chi connectivity index (χ1v) is 8.42. The maximum absolute atomic E-state index is 12.6. The summed E-state index contributed by atoms with van der Waals surface area (Å²) < 4.78 is 0. The quantitative estimate of drug-likeness (QED) is 0.927. The zero-order chi connectivity index (χ0) is 15.0. The maximum Gasteiger partial charge on any atom is 0.326 e. The average molecular weight is 308 g/mol. The predicted molar refractivity (Wildman–Crippen MR) is 79.4 cm³/mol. The molecule has 0 spiro atoms. The normalized spacial score (nSPS) is 27.9. The molecule has 1 aliphatic heterocycles. The lowest BCUT2D eigenvalue weighted by Gasteiger charge is -2.23. The summed E-state index contributed by atoms with van der Waals surface area (Å²) in [5.74, 6) is -0.528. The maximum atomic E-state index is 12.6. The van der Waals surface area contributed by atoms with Gasteiger partial charge in [0.05, 0.1) is 11.2 Å². The zero-order valence-electron chi connectivity index (χ0n) is 12.1. The molecule has 2 heterocycles. The van der Waals surface area contributed by atoms with Crippen LogP contribution in [0.3, 0.4) is 0 Å². The Morgan fingerprint density at radius 3 is 3.00 bits per heavy atom. The zero-order valence-corrected chi connectivity index (χ0v) is 12.9. The van der Waals surface area contributed by atoms with E-state index in [2.05, 4.69) is 11.9 Å². The minimum atomic E-state index is -0.865. The number of fused-ring (bicyclic) bond motifs is 1. The Morgan fingerprint density at radius 1 is 1.48 bits per heavy atom. The van der Waals surface area contributed by atoms with Crippen LogP contribution in [0, 0.1) is 11.8 Å². The van der Waals surface area contributed by atoms with Crippen LogP contribution >= 0.6 is 11.3 Å². The molecule has 1 saturated carbocycles. The molecule has 0 bridgehead atoms. The van der Waals surface area contributed by atoms with Crippen LogP contribution in [0.25, 0.3) is 0 Å². The van der Waals surface area contributed by atoms with Crippen LogP contribution in [0.4, 0.5) is 0 Å². The molecular formula is C15H20N2O3S. The summed E-state index contributed by atoms with van der Waals surface area (Å²) in [7, 11) is 0. The fourth-order valence-electron chi connectivity index (χ4n) is 3.71. The number of rotatable bonds is 4. The molecule has 3 atom stereocenters. The van der Waals surface area contributed by atoms with Crippen molar-refractivity contribution in [3.63, 3.8) is 0 Å². The highest BCUT2D eigenvalue weighted by molar-refractivity contribution is 7.13. The van der Waals surface area contributed by atoms with Gasteiger partial charge in [0.15, 0.2) is 0 Å². The molecule has 1 aromatic heterocycles. The lowest BCUT2D eigenvalue weighted by molar-refractivity contribution is -0.142. The van der Waals surface area contributed by atoms with Gasteiger partial charge in [-0.1, -0.05) is 13.3 Å². The van der Waals surface area contributed by atoms with Crippen LogP contribution in [-0.2, 0) is 11.2 Å². The highest BCUT2D eigenvalue weighted by Gasteiger charge is 2.49. The fraction of sp³-hybridized carbons (Fsp3) is 0.667. The third kappa shape index (κ3) is 2.57. The van der Waals surface area contributed by atoms with E-state index in [1.54, 1.807) is 11.1 Å². The minimum Gasteiger partial charge on any atom is -0.480 e. The van der Waals surface area contributed by atoms with E-state index in [-0.39, 0.29) is 11.8 Å². The Morgan fingerprint density at radius 2 is 2.29 bits per heavy atom. The van der Waals surface area contributed by atoms with Gasteiger partial charge >= 0.3 is 5.97 Å². The second-order valence-corrected chi connectivity index (χ2v) is 7.08. The van der Waals surface area contributed by atoms with Gasteiger partial charge in [0.25, 0.3) is 5.91 Å². The summed E-state index contributed by atoms with van der Waals surface area (Å²) in [6.07, 6.45) is 6.52. The number of likely N-dealkylation sites (tertiary alicyclic amines) is 1. The smallest absolute Gasteiger partial charge is 0.326 e. The van der Waals surface area contributed by atoms with E-state index in [0.29, 0.717) is 17.3 Å². The van der Waals surface area contributed by atoms with Crippen molar-refractivity contribution in [2.24, 2.45) is 11.8 Å². The van der Waals surface area contributed by atoms with Crippen LogP contribution < -0.4 is 0 Å². The Kier molecular flexibility index (Phi) is 3.97. The van der Waals surface area contributed by atoms with Gasteiger partial charge in [-0.15, -0.1) is 11.3 Å². The van der Waals surface area contributed by atoms with Crippen molar-refractivity contribution in [1.82, 2.24) is 9.88 Å². The SMILES string of the molecule is CCCc1ncc(C(=O)N2CC3CCCC3C2C(=O)O)s1. The number of hydrogen-bond acceptors (Lipinski definition) is 4. The molecular weight excluding hydrogens is 288 g/mol. The van der Waals surface area contributed by atoms with Gasteiger partial charge in [0.2, 0.25) is 0 Å². The lowest BCUT2D eigenvalue weighted by Crippen LogP contribution is -2.43. The monoisotopic (exact) mass is 308 g/mol. The topological polar surface area (TPSA) is 70.5 Å². The second-order valence-electron chi connectivity index (χ2n) is 5.96. The molecule has 21 heavy (non-hydrogen) atoms. The first kappa shape index (κ1) is 14.5. The number of carboxylic acid groups (broad SMARTS) is 1. The van der Waals surface area contributed by atoms with E-state index in [1.807, 2.05) is 0 Å². The lowest BCUT2D eigenvalue weighted by atomic mass is 9.94. The number of amides is 1. The Bertz CT molecular complexity index is 557. The van der Waals surface area contributed by atoms with Crippen molar-refractivity contribution >= 4 is 23.2 Å². The van der Waals surface area contributed by atoms with E-state index in [0.717, 1.165) is 37.1 Å². The van der Waals surface area contributed by atoms with E-state index in [4.69, 9.17) is 0 Å². The van der Waals surface area contributed by atoms with Crippen LogP contribution in [0.5, 0.6) is 0 Å². The number of aryl methyl sites for hydroxylation is 1. The number of aliphatic carboxylic acids is 1. The second kappa shape index (κ2) is 5.75. The van der Waals surface area contributed by atoms with Crippen molar-refractivity contribution in [1.29, 1.82) is 0 Å². The van der Waals surface area contributed by atoms with Crippen molar-refractivity contribution in [2.75, 3.05) is 6.54 Å². The van der Waals surface area contributed by atoms with Gasteiger partial charge in [0, 0.05) is 6.54 Å². The number of carbonyl (C=O) groups excluding carboxylic acids is 1. The van der Waals surface area contributed by atoms with Crippen molar-refractivity contribution in [3.05, 3.63) is 16.1 Å². The third-order valence-electron chi connectivity index (χ3n) is 4.63. The molecule has 1 amide bonds. The summed E-state index contributed by atoms with van der Waals surface area (Å²) in [6.45, 7) is 2.66. The Labute approximate surface area is 128 Å². The van der Waals surface area contributed by atoms with Gasteiger partial charge in [-0.05, 0) is 37.5 Å². The highest BCUT2D eigenvalue weighted by atomic mass is 32.1. The number of thiazole rings is 1. The standard InChI is InChI=1S/C15H20N2O3S/c1-2-4-12-16-7-11(21-12)14(18)17-8-9-5-3-6-10(9)13(17)15(19)20/h7,9-10,13H,2-6,8H2,1H3,(H,19,20). The summed E-state index contributed by atoms with van der Waals surface area (Å²) in [5.41, 5.74) is 0. The Balaban J connectivity index is 1.81. The summed E-state index contributed by atoms with van der Waals surface area (Å²) in [4.78, 5) is 30.6. The first-order chi connectivity index (χ1) is 10.1. The van der Waals surface area contributed by atoms with Gasteiger partial charge in [0.1, 0.15) is 10.9 Å². The number of carbonyl (C=O) groups is 2. The number of aromatic nitrogens is 1. The molecule has 1 aromatic rings. The van der Waals surface area contributed by atoms with Gasteiger partial charge in [-0.25, -0.2) is 9.78 Å². The van der Waals surface area contributed by atoms with Gasteiger partial charge < -0.3 is 10.0 Å².